The first kappa shape index (κ1) is 13.8. The fourth-order valence-electron chi connectivity index (χ4n) is 2.89. The Hall–Kier alpha value is -0.610. The van der Waals surface area contributed by atoms with Gasteiger partial charge in [0.05, 0.1) is 5.92 Å². The first-order valence-corrected chi connectivity index (χ1v) is 7.23. The van der Waals surface area contributed by atoms with Gasteiger partial charge in [0.2, 0.25) is 5.91 Å². The van der Waals surface area contributed by atoms with Crippen molar-refractivity contribution in [3.63, 3.8) is 0 Å². The van der Waals surface area contributed by atoms with Crippen molar-refractivity contribution in [2.24, 2.45) is 5.92 Å². The van der Waals surface area contributed by atoms with Crippen molar-refractivity contribution in [1.29, 1.82) is 0 Å². The molecule has 18 heavy (non-hydrogen) atoms. The Balaban J connectivity index is 1.75. The lowest BCUT2D eigenvalue weighted by Gasteiger charge is -2.41. The number of piperidine rings is 1. The third-order valence-electron chi connectivity index (χ3n) is 4.22. The van der Waals surface area contributed by atoms with Crippen molar-refractivity contribution in [1.82, 2.24) is 15.5 Å². The smallest absolute Gasteiger partial charge is 0.224 e. The molecule has 0 aromatic carbocycles. The van der Waals surface area contributed by atoms with Crippen molar-refractivity contribution in [3.05, 3.63) is 0 Å². The zero-order valence-corrected chi connectivity index (χ0v) is 12.0. The SMILES string of the molecule is CC(C)(C)N1CCC(NC(=O)C2CCNC2)CC1. The highest BCUT2D eigenvalue weighted by Gasteiger charge is 2.29. The quantitative estimate of drug-likeness (QED) is 0.771. The summed E-state index contributed by atoms with van der Waals surface area (Å²) in [6, 6.07) is 0.386. The Labute approximate surface area is 110 Å². The highest BCUT2D eigenvalue weighted by Crippen LogP contribution is 2.20. The molecule has 1 atom stereocenters. The molecule has 2 rings (SSSR count). The van der Waals surface area contributed by atoms with Crippen LogP contribution in [0.2, 0.25) is 0 Å². The average molecular weight is 253 g/mol. The van der Waals surface area contributed by atoms with Crippen LogP contribution in [0.4, 0.5) is 0 Å². The topological polar surface area (TPSA) is 44.4 Å². The molecule has 1 amide bonds. The van der Waals surface area contributed by atoms with Crippen LogP contribution in [0.15, 0.2) is 0 Å². The van der Waals surface area contributed by atoms with Crippen LogP contribution in [0.25, 0.3) is 0 Å². The van der Waals surface area contributed by atoms with Crippen molar-refractivity contribution < 1.29 is 4.79 Å². The monoisotopic (exact) mass is 253 g/mol. The maximum absolute atomic E-state index is 12.0. The lowest BCUT2D eigenvalue weighted by Crippen LogP contribution is -2.51. The number of carbonyl (C=O) groups is 1. The number of hydrogen-bond donors (Lipinski definition) is 2. The Morgan fingerprint density at radius 1 is 1.22 bits per heavy atom. The van der Waals surface area contributed by atoms with Gasteiger partial charge in [-0.25, -0.2) is 0 Å². The second kappa shape index (κ2) is 5.57. The summed E-state index contributed by atoms with van der Waals surface area (Å²) >= 11 is 0. The van der Waals surface area contributed by atoms with E-state index in [0.29, 0.717) is 6.04 Å². The first-order valence-electron chi connectivity index (χ1n) is 7.23. The fraction of sp³-hybridized carbons (Fsp3) is 0.929. The summed E-state index contributed by atoms with van der Waals surface area (Å²) in [4.78, 5) is 14.5. The minimum absolute atomic E-state index is 0.200. The Morgan fingerprint density at radius 3 is 2.39 bits per heavy atom. The fourth-order valence-corrected chi connectivity index (χ4v) is 2.89. The molecule has 4 heteroatoms. The lowest BCUT2D eigenvalue weighted by molar-refractivity contribution is -0.125. The standard InChI is InChI=1S/C14H27N3O/c1-14(2,3)17-8-5-12(6-9-17)16-13(18)11-4-7-15-10-11/h11-12,15H,4-10H2,1-3H3,(H,16,18). The summed E-state index contributed by atoms with van der Waals surface area (Å²) in [5.41, 5.74) is 0.254. The van der Waals surface area contributed by atoms with Crippen LogP contribution in [0.3, 0.4) is 0 Å². The van der Waals surface area contributed by atoms with Crippen molar-refractivity contribution in [2.75, 3.05) is 26.2 Å². The van der Waals surface area contributed by atoms with Crippen molar-refractivity contribution in [2.45, 2.75) is 51.6 Å². The number of rotatable bonds is 2. The second-order valence-electron chi connectivity index (χ2n) is 6.63. The summed E-state index contributed by atoms with van der Waals surface area (Å²) in [6.45, 7) is 10.8. The predicted octanol–water partition coefficient (Wildman–Crippen LogP) is 0.975. The van der Waals surface area contributed by atoms with Crippen LogP contribution < -0.4 is 10.6 Å². The van der Waals surface area contributed by atoms with Crippen LogP contribution in [0.1, 0.15) is 40.0 Å². The maximum Gasteiger partial charge on any atom is 0.224 e. The Kier molecular flexibility index (Phi) is 4.28. The number of hydrogen-bond acceptors (Lipinski definition) is 3. The molecule has 2 heterocycles. The minimum Gasteiger partial charge on any atom is -0.353 e. The molecule has 2 fully saturated rings. The normalized spacial score (nSPS) is 27.4. The van der Waals surface area contributed by atoms with Crippen LogP contribution in [0, 0.1) is 5.92 Å². The highest BCUT2D eigenvalue weighted by atomic mass is 16.2. The third kappa shape index (κ3) is 3.45. The number of likely N-dealkylation sites (tertiary alicyclic amines) is 1. The summed E-state index contributed by atoms with van der Waals surface area (Å²) in [5.74, 6) is 0.458. The van der Waals surface area contributed by atoms with Gasteiger partial charge in [-0.05, 0) is 46.6 Å². The van der Waals surface area contributed by atoms with Gasteiger partial charge in [0, 0.05) is 31.2 Å². The lowest BCUT2D eigenvalue weighted by atomic mass is 9.97. The predicted molar refractivity (Wildman–Crippen MR) is 73.5 cm³/mol. The molecular formula is C14H27N3O. The molecule has 4 nitrogen and oxygen atoms in total. The van der Waals surface area contributed by atoms with Crippen molar-refractivity contribution >= 4 is 5.91 Å². The molecule has 2 N–H and O–H groups in total. The van der Waals surface area contributed by atoms with Gasteiger partial charge in [0.1, 0.15) is 0 Å². The van der Waals surface area contributed by atoms with E-state index in [-0.39, 0.29) is 17.4 Å². The van der Waals surface area contributed by atoms with Crippen LogP contribution in [-0.2, 0) is 4.79 Å². The van der Waals surface area contributed by atoms with Gasteiger partial charge in [-0.2, -0.15) is 0 Å². The van der Waals surface area contributed by atoms with E-state index in [1.807, 2.05) is 0 Å². The second-order valence-corrected chi connectivity index (χ2v) is 6.63. The van der Waals surface area contributed by atoms with E-state index in [1.165, 1.54) is 0 Å². The first-order chi connectivity index (χ1) is 8.47. The molecule has 2 aliphatic heterocycles. The third-order valence-corrected chi connectivity index (χ3v) is 4.22. The largest absolute Gasteiger partial charge is 0.353 e. The molecule has 0 aliphatic carbocycles. The molecule has 1 unspecified atom stereocenters. The summed E-state index contributed by atoms with van der Waals surface area (Å²) in [6.07, 6.45) is 3.17. The molecule has 0 spiro atoms. The van der Waals surface area contributed by atoms with Gasteiger partial charge in [-0.1, -0.05) is 0 Å². The van der Waals surface area contributed by atoms with Gasteiger partial charge in [0.15, 0.2) is 0 Å². The zero-order chi connectivity index (χ0) is 13.2. The van der Waals surface area contributed by atoms with Crippen LogP contribution in [-0.4, -0.2) is 48.6 Å². The van der Waals surface area contributed by atoms with Gasteiger partial charge in [0.25, 0.3) is 0 Å². The van der Waals surface area contributed by atoms with E-state index in [4.69, 9.17) is 0 Å². The van der Waals surface area contributed by atoms with Gasteiger partial charge < -0.3 is 10.6 Å². The van der Waals surface area contributed by atoms with E-state index < -0.39 is 0 Å². The molecule has 0 radical (unpaired) electrons. The molecule has 0 aromatic heterocycles. The van der Waals surface area contributed by atoms with Gasteiger partial charge in [-0.3, -0.25) is 9.69 Å². The Morgan fingerprint density at radius 2 is 1.89 bits per heavy atom. The molecular weight excluding hydrogens is 226 g/mol. The van der Waals surface area contributed by atoms with E-state index in [1.54, 1.807) is 0 Å². The van der Waals surface area contributed by atoms with Gasteiger partial charge in [-0.15, -0.1) is 0 Å². The van der Waals surface area contributed by atoms with E-state index in [9.17, 15) is 4.79 Å². The molecule has 0 saturated carbocycles. The maximum atomic E-state index is 12.0. The summed E-state index contributed by atoms with van der Waals surface area (Å²) in [5, 5.41) is 6.48. The minimum atomic E-state index is 0.200. The van der Waals surface area contributed by atoms with Crippen LogP contribution >= 0.6 is 0 Å². The van der Waals surface area contributed by atoms with Crippen LogP contribution in [0.5, 0.6) is 0 Å². The molecule has 0 bridgehead atoms. The summed E-state index contributed by atoms with van der Waals surface area (Å²) < 4.78 is 0. The van der Waals surface area contributed by atoms with Crippen molar-refractivity contribution in [3.8, 4) is 0 Å². The number of nitrogens with zero attached hydrogens (tertiary/aromatic N) is 1. The van der Waals surface area contributed by atoms with E-state index >= 15 is 0 Å². The molecule has 0 aromatic rings. The molecule has 104 valence electrons. The highest BCUT2D eigenvalue weighted by molar-refractivity contribution is 5.79. The summed E-state index contributed by atoms with van der Waals surface area (Å²) in [7, 11) is 0. The number of carbonyl (C=O) groups excluding carboxylic acids is 1. The molecule has 2 saturated heterocycles. The van der Waals surface area contributed by atoms with E-state index in [2.05, 4.69) is 36.3 Å². The Bertz CT molecular complexity index is 284. The van der Waals surface area contributed by atoms with E-state index in [0.717, 1.165) is 45.4 Å². The number of amides is 1. The molecule has 2 aliphatic rings. The number of nitrogens with one attached hydrogen (secondary N) is 2. The van der Waals surface area contributed by atoms with Gasteiger partial charge >= 0.3 is 0 Å². The average Bonchev–Trinajstić information content (AvgIpc) is 2.82. The zero-order valence-electron chi connectivity index (χ0n) is 12.0.